The molecule has 0 atom stereocenters. The summed E-state index contributed by atoms with van der Waals surface area (Å²) in [6, 6.07) is 5.28. The molecule has 0 aliphatic rings. The highest BCUT2D eigenvalue weighted by Crippen LogP contribution is 1.99. The van der Waals surface area contributed by atoms with Crippen LogP contribution in [-0.4, -0.2) is 38.1 Å². The zero-order valence-electron chi connectivity index (χ0n) is 11.7. The third kappa shape index (κ3) is 2.79. The molecule has 0 saturated heterocycles. The number of hydrogen-bond donors (Lipinski definition) is 0. The van der Waals surface area contributed by atoms with Gasteiger partial charge in [0.2, 0.25) is 5.91 Å². The zero-order chi connectivity index (χ0) is 14.7. The van der Waals surface area contributed by atoms with Gasteiger partial charge < -0.3 is 4.90 Å². The normalized spacial score (nSPS) is 10.7. The SMILES string of the molecule is C=C(C)CN(CC)C(=O)Cn1nc2ccccn2c1=O. The predicted molar refractivity (Wildman–Crippen MR) is 76.5 cm³/mol. The smallest absolute Gasteiger partial charge is 0.337 e. The van der Waals surface area contributed by atoms with Crippen molar-refractivity contribution in [1.82, 2.24) is 19.1 Å². The van der Waals surface area contributed by atoms with Crippen LogP contribution in [0.5, 0.6) is 0 Å². The number of carbonyl (C=O) groups is 1. The lowest BCUT2D eigenvalue weighted by molar-refractivity contribution is -0.131. The van der Waals surface area contributed by atoms with E-state index >= 15 is 0 Å². The van der Waals surface area contributed by atoms with Crippen LogP contribution < -0.4 is 5.69 Å². The minimum atomic E-state index is -0.305. The maximum absolute atomic E-state index is 12.2. The Hall–Kier alpha value is -2.37. The van der Waals surface area contributed by atoms with Crippen LogP contribution in [0.25, 0.3) is 5.65 Å². The number of aromatic nitrogens is 3. The molecule has 0 saturated carbocycles. The van der Waals surface area contributed by atoms with E-state index in [1.165, 1.54) is 9.08 Å². The predicted octanol–water partition coefficient (Wildman–Crippen LogP) is 0.921. The van der Waals surface area contributed by atoms with Crippen molar-refractivity contribution in [2.45, 2.75) is 20.4 Å². The molecule has 106 valence electrons. The number of nitrogens with zero attached hydrogens (tertiary/aromatic N) is 4. The molecule has 0 radical (unpaired) electrons. The third-order valence-electron chi connectivity index (χ3n) is 2.97. The molecule has 0 aromatic carbocycles. The molecule has 2 aromatic heterocycles. The van der Waals surface area contributed by atoms with Crippen LogP contribution in [0.15, 0.2) is 41.3 Å². The first kappa shape index (κ1) is 14.0. The number of rotatable bonds is 5. The molecule has 0 unspecified atom stereocenters. The zero-order valence-corrected chi connectivity index (χ0v) is 11.7. The third-order valence-corrected chi connectivity index (χ3v) is 2.97. The minimum Gasteiger partial charge on any atom is -0.337 e. The molecule has 2 aromatic rings. The van der Waals surface area contributed by atoms with Crippen LogP contribution in [0.3, 0.4) is 0 Å². The Bertz CT molecular complexity index is 699. The van der Waals surface area contributed by atoms with Gasteiger partial charge in [-0.05, 0) is 26.0 Å². The van der Waals surface area contributed by atoms with Crippen LogP contribution in [0.2, 0.25) is 0 Å². The van der Waals surface area contributed by atoms with E-state index in [9.17, 15) is 9.59 Å². The van der Waals surface area contributed by atoms with Crippen LogP contribution >= 0.6 is 0 Å². The Labute approximate surface area is 116 Å². The van der Waals surface area contributed by atoms with Gasteiger partial charge in [-0.3, -0.25) is 9.20 Å². The van der Waals surface area contributed by atoms with Crippen molar-refractivity contribution in [3.05, 3.63) is 47.0 Å². The van der Waals surface area contributed by atoms with Crippen LogP contribution in [-0.2, 0) is 11.3 Å². The first-order chi connectivity index (χ1) is 9.52. The van der Waals surface area contributed by atoms with E-state index in [2.05, 4.69) is 11.7 Å². The van der Waals surface area contributed by atoms with E-state index in [0.29, 0.717) is 18.7 Å². The molecule has 0 spiro atoms. The number of pyridine rings is 1. The van der Waals surface area contributed by atoms with Crippen molar-refractivity contribution in [3.8, 4) is 0 Å². The summed E-state index contributed by atoms with van der Waals surface area (Å²) in [7, 11) is 0. The van der Waals surface area contributed by atoms with E-state index in [4.69, 9.17) is 0 Å². The van der Waals surface area contributed by atoms with Gasteiger partial charge in [-0.1, -0.05) is 18.2 Å². The van der Waals surface area contributed by atoms with Crippen molar-refractivity contribution in [2.24, 2.45) is 0 Å². The van der Waals surface area contributed by atoms with Crippen molar-refractivity contribution in [1.29, 1.82) is 0 Å². The Morgan fingerprint density at radius 3 is 2.80 bits per heavy atom. The van der Waals surface area contributed by atoms with Crippen molar-refractivity contribution < 1.29 is 4.79 Å². The first-order valence-electron chi connectivity index (χ1n) is 6.49. The Balaban J connectivity index is 2.23. The van der Waals surface area contributed by atoms with E-state index < -0.39 is 0 Å². The first-order valence-corrected chi connectivity index (χ1v) is 6.49. The van der Waals surface area contributed by atoms with E-state index in [0.717, 1.165) is 5.57 Å². The number of fused-ring (bicyclic) bond motifs is 1. The molecule has 1 amide bonds. The highest BCUT2D eigenvalue weighted by molar-refractivity contribution is 5.76. The average molecular weight is 274 g/mol. The average Bonchev–Trinajstić information content (AvgIpc) is 2.73. The summed E-state index contributed by atoms with van der Waals surface area (Å²) >= 11 is 0. The summed E-state index contributed by atoms with van der Waals surface area (Å²) in [4.78, 5) is 25.9. The van der Waals surface area contributed by atoms with Gasteiger partial charge in [-0.2, -0.15) is 0 Å². The van der Waals surface area contributed by atoms with Gasteiger partial charge in [0.25, 0.3) is 0 Å². The van der Waals surface area contributed by atoms with Gasteiger partial charge >= 0.3 is 5.69 Å². The minimum absolute atomic E-state index is 0.0539. The standard InChI is InChI=1S/C14H18N4O2/c1-4-16(9-11(2)3)13(19)10-18-14(20)17-8-6-5-7-12(17)15-18/h5-8H,2,4,9-10H2,1,3H3. The highest BCUT2D eigenvalue weighted by Gasteiger charge is 2.15. The largest absolute Gasteiger partial charge is 0.350 e. The second kappa shape index (κ2) is 5.73. The lowest BCUT2D eigenvalue weighted by Crippen LogP contribution is -2.37. The lowest BCUT2D eigenvalue weighted by Gasteiger charge is -2.20. The van der Waals surface area contributed by atoms with Gasteiger partial charge in [-0.15, -0.1) is 5.10 Å². The van der Waals surface area contributed by atoms with Gasteiger partial charge in [0.05, 0.1) is 0 Å². The molecule has 20 heavy (non-hydrogen) atoms. The molecular weight excluding hydrogens is 256 g/mol. The fourth-order valence-electron chi connectivity index (χ4n) is 2.00. The van der Waals surface area contributed by atoms with E-state index in [1.54, 1.807) is 29.3 Å². The molecule has 0 bridgehead atoms. The maximum Gasteiger partial charge on any atom is 0.350 e. The molecule has 0 fully saturated rings. The second-order valence-corrected chi connectivity index (χ2v) is 4.73. The summed E-state index contributed by atoms with van der Waals surface area (Å²) < 4.78 is 2.61. The molecule has 6 nitrogen and oxygen atoms in total. The van der Waals surface area contributed by atoms with Gasteiger partial charge in [0, 0.05) is 19.3 Å². The number of amides is 1. The summed E-state index contributed by atoms with van der Waals surface area (Å²) in [5, 5.41) is 4.15. The Morgan fingerprint density at radius 2 is 2.20 bits per heavy atom. The molecule has 2 heterocycles. The van der Waals surface area contributed by atoms with Gasteiger partial charge in [-0.25, -0.2) is 9.48 Å². The fourth-order valence-corrected chi connectivity index (χ4v) is 2.00. The van der Waals surface area contributed by atoms with E-state index in [1.807, 2.05) is 13.8 Å². The second-order valence-electron chi connectivity index (χ2n) is 4.73. The molecular formula is C14H18N4O2. The van der Waals surface area contributed by atoms with Crippen LogP contribution in [0.4, 0.5) is 0 Å². The summed E-state index contributed by atoms with van der Waals surface area (Å²) in [5.74, 6) is -0.138. The summed E-state index contributed by atoms with van der Waals surface area (Å²) in [6.07, 6.45) is 1.64. The quantitative estimate of drug-likeness (QED) is 0.762. The monoisotopic (exact) mass is 274 g/mol. The summed E-state index contributed by atoms with van der Waals surface area (Å²) in [5.41, 5.74) is 1.14. The fraction of sp³-hybridized carbons (Fsp3) is 0.357. The molecule has 6 heteroatoms. The molecule has 0 aliphatic carbocycles. The Morgan fingerprint density at radius 1 is 1.45 bits per heavy atom. The van der Waals surface area contributed by atoms with Gasteiger partial charge in [0.1, 0.15) is 6.54 Å². The van der Waals surface area contributed by atoms with Crippen molar-refractivity contribution in [2.75, 3.05) is 13.1 Å². The Kier molecular flexibility index (Phi) is 4.02. The molecule has 0 aliphatic heterocycles. The molecule has 2 rings (SSSR count). The summed E-state index contributed by atoms with van der Waals surface area (Å²) in [6.45, 7) is 8.59. The van der Waals surface area contributed by atoms with Crippen molar-refractivity contribution in [3.63, 3.8) is 0 Å². The van der Waals surface area contributed by atoms with Crippen molar-refractivity contribution >= 4 is 11.6 Å². The topological polar surface area (TPSA) is 59.6 Å². The maximum atomic E-state index is 12.2. The molecule has 0 N–H and O–H groups in total. The number of likely N-dealkylation sites (N-methyl/N-ethyl adjacent to an activating group) is 1. The van der Waals surface area contributed by atoms with E-state index in [-0.39, 0.29) is 18.1 Å². The number of hydrogen-bond acceptors (Lipinski definition) is 3. The van der Waals surface area contributed by atoms with Crippen LogP contribution in [0, 0.1) is 0 Å². The van der Waals surface area contributed by atoms with Crippen LogP contribution in [0.1, 0.15) is 13.8 Å². The van der Waals surface area contributed by atoms with Gasteiger partial charge in [0.15, 0.2) is 5.65 Å². The lowest BCUT2D eigenvalue weighted by atomic mass is 10.3. The number of carbonyl (C=O) groups excluding carboxylic acids is 1. The highest BCUT2D eigenvalue weighted by atomic mass is 16.2.